The van der Waals surface area contributed by atoms with Gasteiger partial charge in [-0.2, -0.15) is 0 Å². The summed E-state index contributed by atoms with van der Waals surface area (Å²) in [5, 5.41) is 11.0. The van der Waals surface area contributed by atoms with Crippen LogP contribution in [0.3, 0.4) is 0 Å². The van der Waals surface area contributed by atoms with Gasteiger partial charge in [-0.25, -0.2) is 9.97 Å². The average molecular weight is 652 g/mol. The van der Waals surface area contributed by atoms with Crippen LogP contribution in [0.4, 0.5) is 0 Å². The zero-order valence-electron chi connectivity index (χ0n) is 27.3. The van der Waals surface area contributed by atoms with E-state index in [9.17, 15) is 5.11 Å². The van der Waals surface area contributed by atoms with Crippen molar-refractivity contribution in [3.05, 3.63) is 124 Å². The minimum Gasteiger partial charge on any atom is -0.508 e. The molecule has 1 N–H and O–H groups in total. The van der Waals surface area contributed by atoms with E-state index in [0.29, 0.717) is 29.9 Å². The maximum atomic E-state index is 16.2. The molecule has 1 saturated heterocycles. The number of phenols is 1. The third-order valence-corrected chi connectivity index (χ3v) is 13.9. The van der Waals surface area contributed by atoms with Crippen molar-refractivity contribution in [2.75, 3.05) is 13.6 Å². The molecule has 1 aromatic heterocycles. The van der Waals surface area contributed by atoms with Crippen molar-refractivity contribution >= 4 is 28.4 Å². The fourth-order valence-electron chi connectivity index (χ4n) is 11.8. The Balaban J connectivity index is 1.26. The molecule has 0 amide bonds. The van der Waals surface area contributed by atoms with Crippen LogP contribution in [0.1, 0.15) is 72.4 Å². The van der Waals surface area contributed by atoms with Crippen molar-refractivity contribution in [3.63, 3.8) is 0 Å². The Labute approximate surface area is 286 Å². The van der Waals surface area contributed by atoms with Gasteiger partial charge < -0.3 is 5.11 Å². The lowest BCUT2D eigenvalue weighted by atomic mass is 9.55. The SMILES string of the molecule is CN1C[C@@H](c2ccccc2Cl)[C@@]2(C[C@H]3[C@@H]4CCc5cc(O)ccc5[C@H]4CC[C@]3(C)C2=O)[C@]12c1ccccc1-c1nc3ccccc3nc12. The summed E-state index contributed by atoms with van der Waals surface area (Å²) in [7, 11) is 2.20. The molecule has 5 nitrogen and oxygen atoms in total. The van der Waals surface area contributed by atoms with E-state index in [0.717, 1.165) is 76.2 Å². The van der Waals surface area contributed by atoms with Crippen LogP contribution in [0.15, 0.2) is 91.0 Å². The number of carbonyl (C=O) groups excluding carboxylic acids is 1. The van der Waals surface area contributed by atoms with Gasteiger partial charge in [-0.15, -0.1) is 0 Å². The van der Waals surface area contributed by atoms with E-state index < -0.39 is 16.4 Å². The second-order valence-corrected chi connectivity index (χ2v) is 15.8. The molecule has 2 spiro atoms. The van der Waals surface area contributed by atoms with Gasteiger partial charge in [0.25, 0.3) is 0 Å². The molecular weight excluding hydrogens is 614 g/mol. The summed E-state index contributed by atoms with van der Waals surface area (Å²) in [5.74, 6) is 1.58. The highest BCUT2D eigenvalue weighted by atomic mass is 35.5. The van der Waals surface area contributed by atoms with Gasteiger partial charge in [-0.3, -0.25) is 9.69 Å². The summed E-state index contributed by atoms with van der Waals surface area (Å²) in [6.07, 6.45) is 4.57. The van der Waals surface area contributed by atoms with Crippen LogP contribution < -0.4 is 0 Å². The molecular formula is C42H38ClN3O2. The number of hydrogen-bond acceptors (Lipinski definition) is 5. The van der Waals surface area contributed by atoms with E-state index in [1.54, 1.807) is 0 Å². The first-order chi connectivity index (χ1) is 23.3. The molecule has 240 valence electrons. The molecule has 2 saturated carbocycles. The molecule has 1 aliphatic heterocycles. The summed E-state index contributed by atoms with van der Waals surface area (Å²) >= 11 is 7.12. The van der Waals surface area contributed by atoms with Gasteiger partial charge >= 0.3 is 0 Å². The first-order valence-corrected chi connectivity index (χ1v) is 17.9. The lowest BCUT2D eigenvalue weighted by Gasteiger charge is -2.48. The molecule has 0 bridgehead atoms. The highest BCUT2D eigenvalue weighted by Gasteiger charge is 2.78. The number of aromatic hydroxyl groups is 1. The van der Waals surface area contributed by atoms with Gasteiger partial charge in [0.15, 0.2) is 0 Å². The third kappa shape index (κ3) is 3.35. The van der Waals surface area contributed by atoms with E-state index in [1.807, 2.05) is 48.5 Å². The molecule has 4 aromatic carbocycles. The molecule has 6 heteroatoms. The Bertz CT molecular complexity index is 2200. The number of rotatable bonds is 1. The quantitative estimate of drug-likeness (QED) is 0.197. The highest BCUT2D eigenvalue weighted by molar-refractivity contribution is 6.31. The number of hydrogen-bond donors (Lipinski definition) is 1. The number of ketones is 1. The number of halogens is 1. The van der Waals surface area contributed by atoms with Gasteiger partial charge in [0, 0.05) is 28.5 Å². The molecule has 10 rings (SSSR count). The van der Waals surface area contributed by atoms with Crippen molar-refractivity contribution in [3.8, 4) is 17.0 Å². The van der Waals surface area contributed by atoms with Crippen LogP contribution in [0.25, 0.3) is 22.3 Å². The van der Waals surface area contributed by atoms with Gasteiger partial charge in [-0.1, -0.05) is 79.2 Å². The smallest absolute Gasteiger partial charge is 0.148 e. The minimum atomic E-state index is -0.811. The fraction of sp³-hybridized carbons (Fsp3) is 0.357. The minimum absolute atomic E-state index is 0.121. The molecule has 4 aliphatic carbocycles. The number of likely N-dealkylation sites (tertiary alicyclic amines) is 1. The molecule has 7 atom stereocenters. The second-order valence-electron chi connectivity index (χ2n) is 15.4. The number of aromatic nitrogens is 2. The highest BCUT2D eigenvalue weighted by Crippen LogP contribution is 2.76. The molecule has 0 radical (unpaired) electrons. The monoisotopic (exact) mass is 651 g/mol. The number of carbonyl (C=O) groups is 1. The second kappa shape index (κ2) is 9.77. The number of aryl methyl sites for hydroxylation is 1. The zero-order chi connectivity index (χ0) is 32.6. The summed E-state index contributed by atoms with van der Waals surface area (Å²) in [5.41, 5.74) is 7.36. The Morgan fingerprint density at radius 2 is 1.65 bits per heavy atom. The Morgan fingerprint density at radius 3 is 2.48 bits per heavy atom. The number of para-hydroxylation sites is 2. The molecule has 2 heterocycles. The number of likely N-dealkylation sites (N-methyl/N-ethyl adjacent to an activating group) is 1. The summed E-state index contributed by atoms with van der Waals surface area (Å²) in [6.45, 7) is 2.98. The Hall–Kier alpha value is -4.06. The van der Waals surface area contributed by atoms with E-state index in [4.69, 9.17) is 21.6 Å². The predicted octanol–water partition coefficient (Wildman–Crippen LogP) is 8.66. The zero-order valence-corrected chi connectivity index (χ0v) is 28.0. The van der Waals surface area contributed by atoms with Crippen LogP contribution in [0.2, 0.25) is 5.02 Å². The first-order valence-electron chi connectivity index (χ1n) is 17.5. The summed E-state index contributed by atoms with van der Waals surface area (Å²) in [6, 6.07) is 30.9. The predicted molar refractivity (Wildman–Crippen MR) is 188 cm³/mol. The molecule has 0 unspecified atom stereocenters. The molecule has 3 fully saturated rings. The fourth-order valence-corrected chi connectivity index (χ4v) is 12.1. The Kier molecular flexibility index (Phi) is 5.88. The Morgan fingerprint density at radius 1 is 0.896 bits per heavy atom. The molecule has 48 heavy (non-hydrogen) atoms. The van der Waals surface area contributed by atoms with Crippen LogP contribution in [-0.4, -0.2) is 39.4 Å². The first kappa shape index (κ1) is 28.9. The van der Waals surface area contributed by atoms with Crippen molar-refractivity contribution in [1.82, 2.24) is 14.9 Å². The van der Waals surface area contributed by atoms with Crippen molar-refractivity contribution in [2.45, 2.75) is 56.4 Å². The van der Waals surface area contributed by atoms with Crippen molar-refractivity contribution in [1.29, 1.82) is 0 Å². The van der Waals surface area contributed by atoms with Crippen LogP contribution in [0.5, 0.6) is 5.75 Å². The molecule has 5 aliphatic rings. The van der Waals surface area contributed by atoms with Gasteiger partial charge in [0.1, 0.15) is 17.1 Å². The summed E-state index contributed by atoms with van der Waals surface area (Å²) in [4.78, 5) is 29.4. The van der Waals surface area contributed by atoms with Gasteiger partial charge in [-0.05, 0) is 109 Å². The van der Waals surface area contributed by atoms with Crippen LogP contribution in [0, 0.1) is 22.7 Å². The van der Waals surface area contributed by atoms with Crippen LogP contribution in [-0.2, 0) is 16.8 Å². The topological polar surface area (TPSA) is 66.3 Å². The number of benzene rings is 4. The van der Waals surface area contributed by atoms with E-state index in [2.05, 4.69) is 61.3 Å². The number of phenolic OH excluding ortho intramolecular Hbond substituents is 1. The largest absolute Gasteiger partial charge is 0.508 e. The normalized spacial score (nSPS) is 33.1. The van der Waals surface area contributed by atoms with E-state index >= 15 is 4.79 Å². The van der Waals surface area contributed by atoms with Gasteiger partial charge in [0.2, 0.25) is 0 Å². The van der Waals surface area contributed by atoms with E-state index in [-0.39, 0.29) is 11.8 Å². The number of fused-ring (bicyclic) bond motifs is 12. The van der Waals surface area contributed by atoms with Crippen molar-refractivity contribution < 1.29 is 9.90 Å². The number of nitrogens with zero attached hydrogens (tertiary/aromatic N) is 3. The maximum absolute atomic E-state index is 16.2. The lowest BCUT2D eigenvalue weighted by molar-refractivity contribution is -0.139. The lowest BCUT2D eigenvalue weighted by Crippen LogP contribution is -2.54. The third-order valence-electron chi connectivity index (χ3n) is 13.6. The molecule has 5 aromatic rings. The summed E-state index contributed by atoms with van der Waals surface area (Å²) < 4.78 is 0. The maximum Gasteiger partial charge on any atom is 0.148 e. The number of Topliss-reactive ketones (excluding diaryl/α,β-unsaturated/α-hetero) is 1. The van der Waals surface area contributed by atoms with E-state index in [1.165, 1.54) is 11.1 Å². The standard InChI is InChI=1S/C42H38ClN3O2/c1-40-20-19-27-26-18-16-25(47)21-24(26)15-17-28(27)32(40)22-41(39(40)48)33(29-9-4-6-12-34(29)43)23-46(2)42(41)31-11-5-3-10-30(31)37-38(42)45-36-14-8-7-13-35(36)44-37/h3-14,16,18,21,27-28,32-33,47H,15,17,19-20,22-23H2,1-2H3/t27-,28-,32+,33+,40+,41-,42-/m1/s1. The van der Waals surface area contributed by atoms with Crippen LogP contribution >= 0.6 is 11.6 Å². The van der Waals surface area contributed by atoms with Gasteiger partial charge in [0.05, 0.1) is 27.8 Å². The average Bonchev–Trinajstić information content (AvgIpc) is 3.63. The van der Waals surface area contributed by atoms with Crippen molar-refractivity contribution in [2.24, 2.45) is 22.7 Å².